The maximum Gasteiger partial charge on any atom is -0.000741 e. The summed E-state index contributed by atoms with van der Waals surface area (Å²) in [5.74, 6) is 0. The third-order valence-electron chi connectivity index (χ3n) is 10.4. The molecule has 0 bridgehead atoms. The molecule has 0 fully saturated rings. The molecule has 0 unspecified atom stereocenters. The second-order valence-electron chi connectivity index (χ2n) is 13.2. The van der Waals surface area contributed by atoms with Crippen molar-refractivity contribution in [1.82, 2.24) is 0 Å². The fraction of sp³-hybridized carbons (Fsp3) is 0. The Morgan fingerprint density at radius 2 is 0.667 bits per heavy atom. The van der Waals surface area contributed by atoms with Crippen LogP contribution in [-0.4, -0.2) is 0 Å². The fourth-order valence-corrected chi connectivity index (χ4v) is 10.8. The zero-order valence-electron chi connectivity index (χ0n) is 28.0. The van der Waals surface area contributed by atoms with Crippen molar-refractivity contribution < 1.29 is 0 Å². The van der Waals surface area contributed by atoms with E-state index in [0.717, 1.165) is 0 Å². The van der Waals surface area contributed by atoms with Gasteiger partial charge in [-0.25, -0.2) is 0 Å². The molecule has 9 aromatic rings. The van der Waals surface area contributed by atoms with Crippen molar-refractivity contribution in [3.63, 3.8) is 0 Å². The van der Waals surface area contributed by atoms with Crippen molar-refractivity contribution in [2.24, 2.45) is 0 Å². The molecule has 0 amide bonds. The topological polar surface area (TPSA) is 0 Å². The molecule has 0 saturated heterocycles. The lowest BCUT2D eigenvalue weighted by molar-refractivity contribution is 1.62. The highest BCUT2D eigenvalue weighted by Gasteiger charge is 2.31. The van der Waals surface area contributed by atoms with Crippen LogP contribution >= 0.6 is 7.92 Å². The van der Waals surface area contributed by atoms with E-state index in [0.29, 0.717) is 0 Å². The molecule has 1 aliphatic carbocycles. The summed E-state index contributed by atoms with van der Waals surface area (Å²) in [6, 6.07) is 73.9. The van der Waals surface area contributed by atoms with Crippen LogP contribution in [0.15, 0.2) is 200 Å². The van der Waals surface area contributed by atoms with Crippen LogP contribution in [0.3, 0.4) is 0 Å². The fourth-order valence-electron chi connectivity index (χ4n) is 8.32. The smallest absolute Gasteiger partial charge is 0.000741 e. The van der Waals surface area contributed by atoms with Crippen molar-refractivity contribution in [3.8, 4) is 55.6 Å². The Balaban J connectivity index is 1.29. The minimum absolute atomic E-state index is 0.784. The number of rotatable bonds is 6. The van der Waals surface area contributed by atoms with Gasteiger partial charge in [0.1, 0.15) is 0 Å². The maximum absolute atomic E-state index is 2.41. The molecule has 10 rings (SSSR count). The van der Waals surface area contributed by atoms with Gasteiger partial charge in [0, 0.05) is 0 Å². The highest BCUT2D eigenvalue weighted by Crippen LogP contribution is 2.58. The third-order valence-corrected chi connectivity index (χ3v) is 12.9. The molecule has 238 valence electrons. The molecule has 0 aliphatic heterocycles. The largest absolute Gasteiger partial charge is 0.0622 e. The van der Waals surface area contributed by atoms with Gasteiger partial charge in [0.05, 0.1) is 0 Å². The van der Waals surface area contributed by atoms with Crippen LogP contribution in [0.25, 0.3) is 77.2 Å². The quantitative estimate of drug-likeness (QED) is 0.155. The van der Waals surface area contributed by atoms with Gasteiger partial charge in [-0.1, -0.05) is 200 Å². The van der Waals surface area contributed by atoms with E-state index >= 15 is 0 Å². The van der Waals surface area contributed by atoms with E-state index in [4.69, 9.17) is 0 Å². The molecule has 9 aromatic carbocycles. The summed E-state index contributed by atoms with van der Waals surface area (Å²) in [4.78, 5) is 0. The molecule has 0 atom stereocenters. The van der Waals surface area contributed by atoms with Crippen LogP contribution in [-0.2, 0) is 0 Å². The van der Waals surface area contributed by atoms with Gasteiger partial charge in [0.25, 0.3) is 0 Å². The van der Waals surface area contributed by atoms with Crippen LogP contribution in [0, 0.1) is 0 Å². The highest BCUT2D eigenvalue weighted by atomic mass is 31.1. The van der Waals surface area contributed by atoms with E-state index < -0.39 is 7.92 Å². The lowest BCUT2D eigenvalue weighted by Crippen LogP contribution is -2.22. The van der Waals surface area contributed by atoms with Crippen LogP contribution in [0.1, 0.15) is 0 Å². The number of benzene rings is 9. The first-order valence-electron chi connectivity index (χ1n) is 17.6. The van der Waals surface area contributed by atoms with E-state index in [1.54, 1.807) is 0 Å². The van der Waals surface area contributed by atoms with Crippen LogP contribution < -0.4 is 15.9 Å². The predicted octanol–water partition coefficient (Wildman–Crippen LogP) is 12.4. The maximum atomic E-state index is 2.41. The van der Waals surface area contributed by atoms with Gasteiger partial charge in [0.15, 0.2) is 0 Å². The lowest BCUT2D eigenvalue weighted by Gasteiger charge is -2.23. The summed E-state index contributed by atoms with van der Waals surface area (Å²) in [5.41, 5.74) is 13.0. The van der Waals surface area contributed by atoms with Gasteiger partial charge in [0.2, 0.25) is 0 Å². The molecule has 0 heterocycles. The summed E-state index contributed by atoms with van der Waals surface area (Å²) < 4.78 is 0. The Morgan fingerprint density at radius 1 is 0.255 bits per heavy atom. The Kier molecular flexibility index (Phi) is 7.23. The molecule has 0 N–H and O–H groups in total. The molecule has 0 aromatic heterocycles. The van der Waals surface area contributed by atoms with Gasteiger partial charge in [-0.2, -0.15) is 0 Å². The van der Waals surface area contributed by atoms with Gasteiger partial charge in [-0.3, -0.25) is 0 Å². The standard InChI is InChI=1S/C50H33P/c1-5-18-34(19-6-1)46-41-27-13-14-28-42(41)47(35-20-7-2-8-21-35)50-44-33-32-38(40-29-17-30-43(48(40)44)49(46)50)39-26-15-16-31-45(39)51(36-22-9-3-10-23-36)37-24-11-4-12-25-37/h1-33H. The third kappa shape index (κ3) is 4.79. The summed E-state index contributed by atoms with van der Waals surface area (Å²) in [6.45, 7) is 0. The number of fused-ring (bicyclic) bond motifs is 4. The molecular formula is C50H33P. The van der Waals surface area contributed by atoms with E-state index in [9.17, 15) is 0 Å². The molecule has 1 aliphatic rings. The molecule has 0 radical (unpaired) electrons. The van der Waals surface area contributed by atoms with E-state index in [-0.39, 0.29) is 0 Å². The van der Waals surface area contributed by atoms with Crippen molar-refractivity contribution >= 4 is 45.4 Å². The van der Waals surface area contributed by atoms with Gasteiger partial charge in [-0.05, 0) is 101 Å². The minimum atomic E-state index is -0.784. The SMILES string of the molecule is c1ccc(-c2c3c(c(-c4ccccc4)c4ccccc24)-c2ccc(-c4ccccc4P(c4ccccc4)c4ccccc4)c4cccc-3c24)cc1. The van der Waals surface area contributed by atoms with Crippen molar-refractivity contribution in [2.75, 3.05) is 0 Å². The average molecular weight is 665 g/mol. The molecule has 0 saturated carbocycles. The summed E-state index contributed by atoms with van der Waals surface area (Å²) in [6.07, 6.45) is 0. The summed E-state index contributed by atoms with van der Waals surface area (Å²) in [7, 11) is -0.784. The molecule has 0 nitrogen and oxygen atoms in total. The zero-order valence-corrected chi connectivity index (χ0v) is 28.9. The van der Waals surface area contributed by atoms with Gasteiger partial charge >= 0.3 is 0 Å². The number of hydrogen-bond acceptors (Lipinski definition) is 0. The highest BCUT2D eigenvalue weighted by molar-refractivity contribution is 7.80. The Labute approximate surface area is 300 Å². The Hall–Kier alpha value is -6.07. The molecule has 51 heavy (non-hydrogen) atoms. The van der Waals surface area contributed by atoms with E-state index in [1.165, 1.54) is 93.1 Å². The normalized spacial score (nSPS) is 11.7. The first-order valence-corrected chi connectivity index (χ1v) is 19.0. The number of hydrogen-bond donors (Lipinski definition) is 0. The Bertz CT molecular complexity index is 2580. The minimum Gasteiger partial charge on any atom is -0.0622 e. The Morgan fingerprint density at radius 3 is 1.24 bits per heavy atom. The molecule has 1 heteroatoms. The van der Waals surface area contributed by atoms with Crippen molar-refractivity contribution in [1.29, 1.82) is 0 Å². The van der Waals surface area contributed by atoms with Gasteiger partial charge < -0.3 is 0 Å². The van der Waals surface area contributed by atoms with Crippen LogP contribution in [0.5, 0.6) is 0 Å². The first-order chi connectivity index (χ1) is 25.4. The van der Waals surface area contributed by atoms with E-state index in [1.807, 2.05) is 0 Å². The van der Waals surface area contributed by atoms with Crippen LogP contribution in [0.4, 0.5) is 0 Å². The first kappa shape index (κ1) is 29.8. The molecule has 0 spiro atoms. The zero-order chi connectivity index (χ0) is 33.7. The summed E-state index contributed by atoms with van der Waals surface area (Å²) in [5, 5.41) is 9.30. The van der Waals surface area contributed by atoms with Crippen molar-refractivity contribution in [2.45, 2.75) is 0 Å². The van der Waals surface area contributed by atoms with Crippen molar-refractivity contribution in [3.05, 3.63) is 200 Å². The second-order valence-corrected chi connectivity index (χ2v) is 15.4. The average Bonchev–Trinajstić information content (AvgIpc) is 3.54. The second kappa shape index (κ2) is 12.4. The van der Waals surface area contributed by atoms with Crippen LogP contribution in [0.2, 0.25) is 0 Å². The van der Waals surface area contributed by atoms with E-state index in [2.05, 4.69) is 200 Å². The monoisotopic (exact) mass is 664 g/mol. The molecular weight excluding hydrogens is 632 g/mol. The summed E-state index contributed by atoms with van der Waals surface area (Å²) >= 11 is 0. The van der Waals surface area contributed by atoms with Gasteiger partial charge in [-0.15, -0.1) is 0 Å². The lowest BCUT2D eigenvalue weighted by atomic mass is 9.82. The predicted molar refractivity (Wildman–Crippen MR) is 221 cm³/mol.